The Morgan fingerprint density at radius 3 is 2.97 bits per heavy atom. The lowest BCUT2D eigenvalue weighted by Crippen LogP contribution is -2.53. The predicted octanol–water partition coefficient (Wildman–Crippen LogP) is 1.99. The highest BCUT2D eigenvalue weighted by atomic mass is 32.1. The maximum Gasteiger partial charge on any atom is 0.291 e. The number of nitrogens with zero attached hydrogens (tertiary/aromatic N) is 4. The molecule has 30 heavy (non-hydrogen) atoms. The number of carbonyl (C=O) groups excluding carboxylic acids is 1. The van der Waals surface area contributed by atoms with Crippen LogP contribution in [0.15, 0.2) is 22.3 Å². The lowest BCUT2D eigenvalue weighted by atomic mass is 9.89. The molecule has 1 saturated carbocycles. The summed E-state index contributed by atoms with van der Waals surface area (Å²) >= 11 is 1.56. The Balaban J connectivity index is 1.36. The van der Waals surface area contributed by atoms with Crippen molar-refractivity contribution in [2.75, 3.05) is 20.2 Å². The van der Waals surface area contributed by atoms with E-state index in [2.05, 4.69) is 15.3 Å². The van der Waals surface area contributed by atoms with Gasteiger partial charge in [0.1, 0.15) is 23.5 Å². The Morgan fingerprint density at radius 1 is 1.33 bits per heavy atom. The molecule has 1 unspecified atom stereocenters. The van der Waals surface area contributed by atoms with E-state index < -0.39 is 0 Å². The van der Waals surface area contributed by atoms with Crippen LogP contribution in [0.25, 0.3) is 15.7 Å². The molecule has 8 nitrogen and oxygen atoms in total. The van der Waals surface area contributed by atoms with Crippen molar-refractivity contribution in [1.82, 2.24) is 24.4 Å². The second kappa shape index (κ2) is 8.13. The van der Waals surface area contributed by atoms with E-state index in [-0.39, 0.29) is 30.7 Å². The van der Waals surface area contributed by atoms with Crippen molar-refractivity contribution < 1.29 is 9.53 Å². The summed E-state index contributed by atoms with van der Waals surface area (Å²) in [6, 6.07) is 4.68. The van der Waals surface area contributed by atoms with Gasteiger partial charge in [-0.1, -0.05) is 6.42 Å². The molecule has 5 rings (SSSR count). The maximum atomic E-state index is 13.0. The fraction of sp³-hybridized carbons (Fsp3) is 0.571. The second-order valence-corrected chi connectivity index (χ2v) is 9.24. The van der Waals surface area contributed by atoms with Crippen molar-refractivity contribution in [3.8, 4) is 0 Å². The molecule has 0 radical (unpaired) electrons. The van der Waals surface area contributed by atoms with Gasteiger partial charge >= 0.3 is 0 Å². The Kier molecular flexibility index (Phi) is 5.34. The fourth-order valence-corrected chi connectivity index (χ4v) is 5.56. The van der Waals surface area contributed by atoms with Crippen LogP contribution in [0.5, 0.6) is 0 Å². The number of carbonyl (C=O) groups is 1. The first-order chi connectivity index (χ1) is 14.6. The summed E-state index contributed by atoms with van der Waals surface area (Å²) in [6.07, 6.45) is 5.95. The molecule has 3 aromatic heterocycles. The smallest absolute Gasteiger partial charge is 0.291 e. The van der Waals surface area contributed by atoms with Gasteiger partial charge in [-0.3, -0.25) is 18.9 Å². The van der Waals surface area contributed by atoms with Crippen molar-refractivity contribution in [3.63, 3.8) is 0 Å². The van der Waals surface area contributed by atoms with Crippen LogP contribution in [0, 0.1) is 0 Å². The highest BCUT2D eigenvalue weighted by Crippen LogP contribution is 2.27. The molecular formula is C21H27N5O3S. The van der Waals surface area contributed by atoms with Crippen LogP contribution in [0.3, 0.4) is 0 Å². The molecule has 4 heterocycles. The normalized spacial score (nSPS) is 20.6. The van der Waals surface area contributed by atoms with E-state index in [4.69, 9.17) is 4.74 Å². The summed E-state index contributed by atoms with van der Waals surface area (Å²) in [7, 11) is 1.60. The van der Waals surface area contributed by atoms with Crippen molar-refractivity contribution in [2.45, 2.75) is 57.3 Å². The van der Waals surface area contributed by atoms with E-state index in [1.165, 1.54) is 23.9 Å². The highest BCUT2D eigenvalue weighted by molar-refractivity contribution is 7.16. The molecule has 9 heteroatoms. The number of nitrogens with one attached hydrogen (secondary N) is 1. The summed E-state index contributed by atoms with van der Waals surface area (Å²) in [5.41, 5.74) is 0.272. The van der Waals surface area contributed by atoms with E-state index in [9.17, 15) is 9.59 Å². The van der Waals surface area contributed by atoms with Crippen LogP contribution in [0.1, 0.15) is 37.9 Å². The Bertz CT molecular complexity index is 1130. The molecule has 160 valence electrons. The Hall–Kier alpha value is -2.23. The van der Waals surface area contributed by atoms with Gasteiger partial charge in [0.25, 0.3) is 5.56 Å². The molecule has 3 aromatic rings. The molecule has 2 aliphatic rings. The summed E-state index contributed by atoms with van der Waals surface area (Å²) in [4.78, 5) is 29.3. The average Bonchev–Trinajstić information content (AvgIpc) is 3.26. The number of ether oxygens (including phenoxy) is 1. The third-order valence-electron chi connectivity index (χ3n) is 6.33. The Morgan fingerprint density at radius 2 is 2.20 bits per heavy atom. The van der Waals surface area contributed by atoms with Gasteiger partial charge < -0.3 is 10.1 Å². The largest absolute Gasteiger partial charge is 0.377 e. The molecule has 1 aliphatic heterocycles. The standard InChI is InChI=1S/C21H27N5O3S/c1-29-13-18-23-25(20(28)17-10-14-7-9-30-21(14)26(17)18)12-19(27)22-15-4-3-8-24(11-15)16-5-2-6-16/h7,9-10,15-16H,2-6,8,11-13H2,1H3,(H,22,27). The van der Waals surface area contributed by atoms with Crippen molar-refractivity contribution in [3.05, 3.63) is 33.7 Å². The molecule has 1 amide bonds. The SMILES string of the molecule is COCc1nn(CC(=O)NC2CCCN(C3CCC3)C2)c(=O)c2cc3ccsc3n12. The van der Waals surface area contributed by atoms with Crippen LogP contribution in [-0.4, -0.2) is 57.3 Å². The minimum atomic E-state index is -0.256. The molecule has 1 N–H and O–H groups in total. The molecule has 2 fully saturated rings. The van der Waals surface area contributed by atoms with Crippen LogP contribution < -0.4 is 10.9 Å². The van der Waals surface area contributed by atoms with E-state index in [1.807, 2.05) is 21.9 Å². The van der Waals surface area contributed by atoms with Gasteiger partial charge in [0.05, 0.1) is 0 Å². The predicted molar refractivity (Wildman–Crippen MR) is 116 cm³/mol. The number of likely N-dealkylation sites (tertiary alicyclic amines) is 1. The number of rotatable bonds is 6. The third-order valence-corrected chi connectivity index (χ3v) is 7.25. The van der Waals surface area contributed by atoms with Crippen LogP contribution in [0.4, 0.5) is 0 Å². The first-order valence-electron chi connectivity index (χ1n) is 10.6. The average molecular weight is 430 g/mol. The zero-order valence-electron chi connectivity index (χ0n) is 17.2. The number of amides is 1. The molecule has 1 saturated heterocycles. The van der Waals surface area contributed by atoms with E-state index in [0.717, 1.165) is 36.1 Å². The number of piperidine rings is 1. The minimum absolute atomic E-state index is 0.0786. The van der Waals surface area contributed by atoms with Crippen LogP contribution in [-0.2, 0) is 22.7 Å². The van der Waals surface area contributed by atoms with Gasteiger partial charge in [0.2, 0.25) is 5.91 Å². The van der Waals surface area contributed by atoms with Crippen molar-refractivity contribution in [2.24, 2.45) is 0 Å². The van der Waals surface area contributed by atoms with Crippen molar-refractivity contribution >= 4 is 33.0 Å². The van der Waals surface area contributed by atoms with Crippen LogP contribution in [0.2, 0.25) is 0 Å². The van der Waals surface area contributed by atoms with Crippen LogP contribution >= 0.6 is 11.3 Å². The van der Waals surface area contributed by atoms with Gasteiger partial charge in [-0.15, -0.1) is 11.3 Å². The van der Waals surface area contributed by atoms with E-state index >= 15 is 0 Å². The van der Waals surface area contributed by atoms with E-state index in [0.29, 0.717) is 17.4 Å². The lowest BCUT2D eigenvalue weighted by Gasteiger charge is -2.42. The topological polar surface area (TPSA) is 80.9 Å². The fourth-order valence-electron chi connectivity index (χ4n) is 4.65. The minimum Gasteiger partial charge on any atom is -0.377 e. The lowest BCUT2D eigenvalue weighted by molar-refractivity contribution is -0.123. The van der Waals surface area contributed by atoms with Gasteiger partial charge in [-0.25, -0.2) is 4.68 Å². The van der Waals surface area contributed by atoms with Gasteiger partial charge in [-0.05, 0) is 49.7 Å². The molecule has 0 bridgehead atoms. The molecule has 1 atom stereocenters. The molecular weight excluding hydrogens is 402 g/mol. The molecule has 1 aliphatic carbocycles. The van der Waals surface area contributed by atoms with Gasteiger partial charge in [0.15, 0.2) is 5.82 Å². The monoisotopic (exact) mass is 429 g/mol. The quantitative estimate of drug-likeness (QED) is 0.648. The number of fused-ring (bicyclic) bond motifs is 3. The number of hydrogen-bond donors (Lipinski definition) is 1. The van der Waals surface area contributed by atoms with E-state index in [1.54, 1.807) is 18.4 Å². The zero-order valence-corrected chi connectivity index (χ0v) is 18.0. The molecule has 0 spiro atoms. The number of thiophene rings is 1. The maximum absolute atomic E-state index is 13.0. The van der Waals surface area contributed by atoms with Crippen molar-refractivity contribution in [1.29, 1.82) is 0 Å². The number of aromatic nitrogens is 3. The first kappa shape index (κ1) is 19.7. The zero-order chi connectivity index (χ0) is 20.7. The summed E-state index contributed by atoms with van der Waals surface area (Å²) in [5.74, 6) is 0.456. The summed E-state index contributed by atoms with van der Waals surface area (Å²) in [6.45, 7) is 2.21. The van der Waals surface area contributed by atoms with Gasteiger partial charge in [-0.2, -0.15) is 5.10 Å². The summed E-state index contributed by atoms with van der Waals surface area (Å²) in [5, 5.41) is 10.6. The number of methoxy groups -OCH3 is 1. The number of hydrogen-bond acceptors (Lipinski definition) is 6. The summed E-state index contributed by atoms with van der Waals surface area (Å²) < 4.78 is 8.42. The van der Waals surface area contributed by atoms with Gasteiger partial charge in [0, 0.05) is 31.1 Å². The Labute approximate surface area is 178 Å². The highest BCUT2D eigenvalue weighted by Gasteiger charge is 2.30. The second-order valence-electron chi connectivity index (χ2n) is 8.34. The third kappa shape index (κ3) is 3.55. The first-order valence-corrected chi connectivity index (χ1v) is 11.5. The molecule has 0 aromatic carbocycles.